The molecule has 0 bridgehead atoms. The monoisotopic (exact) mass is 1550 g/mol. The molecule has 586 valence electrons. The number of phenols is 4. The Morgan fingerprint density at radius 2 is 0.730 bits per heavy atom. The third kappa shape index (κ3) is 20.0. The van der Waals surface area contributed by atoms with Crippen LogP contribution in [-0.4, -0.2) is 155 Å². The molecule has 0 unspecified atom stereocenters. The Bertz CT molecular complexity index is 4820. The van der Waals surface area contributed by atoms with Crippen LogP contribution < -0.4 is 61.6 Å². The number of rotatable bonds is 25. The van der Waals surface area contributed by atoms with E-state index in [1.54, 1.807) is 48.5 Å². The predicted octanol–water partition coefficient (Wildman–Crippen LogP) is 14.4. The Balaban J connectivity index is 0.000000170. The summed E-state index contributed by atoms with van der Waals surface area (Å²) in [6.07, 6.45) is -10.9. The second-order valence-electron chi connectivity index (χ2n) is 24.4. The van der Waals surface area contributed by atoms with Gasteiger partial charge in [-0.2, -0.15) is 26.3 Å². The average Bonchev–Trinajstić information content (AvgIpc) is 0.792. The van der Waals surface area contributed by atoms with E-state index in [-0.39, 0.29) is 110 Å². The number of hydrogen-bond acceptors (Lipinski definition) is 25. The van der Waals surface area contributed by atoms with Crippen molar-refractivity contribution in [2.45, 2.75) is 70.6 Å². The summed E-state index contributed by atoms with van der Waals surface area (Å²) in [5.74, 6) is -2.71. The molecule has 4 aliphatic rings. The summed E-state index contributed by atoms with van der Waals surface area (Å²) in [4.78, 5) is 99.6. The van der Waals surface area contributed by atoms with E-state index < -0.39 is 112 Å². The molecule has 8 aromatic carbocycles. The number of alkyl halides is 6. The van der Waals surface area contributed by atoms with Crippen molar-refractivity contribution in [2.24, 2.45) is 0 Å². The van der Waals surface area contributed by atoms with Crippen molar-refractivity contribution in [1.82, 2.24) is 0 Å². The van der Waals surface area contributed by atoms with Gasteiger partial charge in [-0.15, -0.1) is 0 Å². The number of Topliss-reactive ketones (excluding diaryl/α,β-unsaturated/α-hetero) is 8. The van der Waals surface area contributed by atoms with Gasteiger partial charge in [0.05, 0.1) is 57.8 Å². The van der Waals surface area contributed by atoms with Crippen molar-refractivity contribution < 1.29 is 147 Å². The molecule has 0 amide bonds. The smallest absolute Gasteiger partial charge is 0.417 e. The summed E-state index contributed by atoms with van der Waals surface area (Å²) in [5.41, 5.74) is -0.893. The van der Waals surface area contributed by atoms with E-state index in [2.05, 4.69) is 0 Å². The lowest BCUT2D eigenvalue weighted by Gasteiger charge is -2.24. The van der Waals surface area contributed by atoms with Crippen LogP contribution in [0.2, 0.25) is 0 Å². The molecule has 0 radical (unpaired) electrons. The summed E-state index contributed by atoms with van der Waals surface area (Å²) in [5, 5.41) is 40.4. The maximum atomic E-state index is 13.0. The molecule has 0 saturated carbocycles. The molecular formula is C80H74F6O25. The molecular weight excluding hydrogens is 1470 g/mol. The molecule has 0 fully saturated rings. The predicted molar refractivity (Wildman–Crippen MR) is 381 cm³/mol. The summed E-state index contributed by atoms with van der Waals surface area (Å²) in [6.45, 7) is 4.13. The van der Waals surface area contributed by atoms with Gasteiger partial charge in [-0.1, -0.05) is 72.3 Å². The highest BCUT2D eigenvalue weighted by molar-refractivity contribution is 6.08. The molecule has 0 aromatic heterocycles. The Morgan fingerprint density at radius 1 is 0.351 bits per heavy atom. The number of aromatic hydroxyl groups is 4. The van der Waals surface area contributed by atoms with Crippen molar-refractivity contribution in [3.05, 3.63) is 183 Å². The largest absolute Gasteiger partial charge is 0.507 e. The van der Waals surface area contributed by atoms with E-state index in [9.17, 15) is 85.1 Å². The summed E-state index contributed by atoms with van der Waals surface area (Å²) in [7, 11) is 7.44. The fraction of sp³-hybridized carbons (Fsp3) is 0.300. The second kappa shape index (κ2) is 36.9. The van der Waals surface area contributed by atoms with Crippen LogP contribution in [0.3, 0.4) is 0 Å². The summed E-state index contributed by atoms with van der Waals surface area (Å²) < 4.78 is 147. The lowest BCUT2D eigenvalue weighted by Crippen LogP contribution is -2.18. The Morgan fingerprint density at radius 3 is 1.15 bits per heavy atom. The van der Waals surface area contributed by atoms with Gasteiger partial charge >= 0.3 is 12.4 Å². The first-order valence-electron chi connectivity index (χ1n) is 34.1. The molecule has 4 N–H and O–H groups in total. The van der Waals surface area contributed by atoms with Crippen molar-refractivity contribution >= 4 is 46.3 Å². The number of halogens is 6. The molecule has 4 aliphatic heterocycles. The number of ether oxygens (including phenoxy) is 13. The summed E-state index contributed by atoms with van der Waals surface area (Å²) >= 11 is 0. The molecule has 0 saturated heterocycles. The van der Waals surface area contributed by atoms with Gasteiger partial charge < -0.3 is 82.0 Å². The molecule has 25 nitrogen and oxygen atoms in total. The normalized spacial score (nSPS) is 12.8. The average molecular weight is 1550 g/mol. The number of benzene rings is 8. The standard InChI is InChI=1S/C21H22O7.C21H22O6.2C19H15F3O6/c1-24-14-6-4-5-13(11-14)16(22)7-8-17(23)15-12-18(25-2)20-21(19(15)26-3)28-10-9-27-20;1-13-4-6-14(7-5-13)16(22)8-9-17(23)15-12-18(24-2)20-21(19(15)25-3)27-11-10-26-20;20-19(21,22)11-3-1-2-10(8-11)12(23)4-5-13(24)16-14(25)9-15-18(17(16)26)28-7-6-27-15;20-19(21,22)11-4-2-1-3-10(11)12(23)5-6-13(24)16-14(25)9-15-18(17(16)26)28-8-7-27-15/h4-6,11-12H,7-10H2,1-3H3;4-7,12H,8-11H2,1-3H3;1-3,8-9,25-26H,4-7H2;1-4,9,25-26H,5-8H2. The summed E-state index contributed by atoms with van der Waals surface area (Å²) in [6, 6.07) is 27.7. The molecule has 8 aromatic rings. The zero-order valence-electron chi connectivity index (χ0n) is 60.5. The fourth-order valence-electron chi connectivity index (χ4n) is 11.7. The quantitative estimate of drug-likeness (QED) is 0.0305. The maximum Gasteiger partial charge on any atom is 0.417 e. The zero-order chi connectivity index (χ0) is 80.4. The minimum atomic E-state index is -4.71. The Labute approximate surface area is 629 Å². The van der Waals surface area contributed by atoms with E-state index in [1.807, 2.05) is 19.1 Å². The third-order valence-electron chi connectivity index (χ3n) is 17.2. The van der Waals surface area contributed by atoms with Crippen LogP contribution in [-0.2, 0) is 12.4 Å². The van der Waals surface area contributed by atoms with Gasteiger partial charge in [0.25, 0.3) is 0 Å². The van der Waals surface area contributed by atoms with E-state index in [0.717, 1.165) is 48.0 Å². The fourth-order valence-corrected chi connectivity index (χ4v) is 11.7. The van der Waals surface area contributed by atoms with E-state index >= 15 is 0 Å². The van der Waals surface area contributed by atoms with Gasteiger partial charge in [0.2, 0.25) is 34.5 Å². The van der Waals surface area contributed by atoms with Crippen LogP contribution in [0, 0.1) is 6.92 Å². The first-order chi connectivity index (χ1) is 53.0. The number of carbonyl (C=O) groups is 8. The first kappa shape index (κ1) is 82.4. The number of hydrogen-bond donors (Lipinski definition) is 4. The van der Waals surface area contributed by atoms with Gasteiger partial charge in [-0.05, 0) is 49.4 Å². The van der Waals surface area contributed by atoms with Gasteiger partial charge in [0.15, 0.2) is 92.3 Å². The maximum absolute atomic E-state index is 13.0. The second-order valence-corrected chi connectivity index (χ2v) is 24.4. The SMILES string of the molecule is COc1cc(C(=O)CCC(=O)c2ccc(C)cc2)c(OC)c2c1OCCO2.COc1cccc(C(=O)CCC(=O)c2cc(OC)c3c(c2OC)OCCO3)c1.O=C(CCC(=O)c1c(O)cc2c(c1O)OCCO2)c1cccc(C(F)(F)F)c1.O=C(CCC(=O)c1c(O)cc2c(c1O)OCCO2)c1ccccc1C(F)(F)F. The molecule has 12 rings (SSSR count). The Hall–Kier alpha value is -12.7. The number of methoxy groups -OCH3 is 5. The number of carbonyl (C=O) groups excluding carboxylic acids is 8. The highest BCUT2D eigenvalue weighted by Gasteiger charge is 2.37. The number of phenolic OH excluding ortho intramolecular Hbond substituents is 4. The van der Waals surface area contributed by atoms with Crippen LogP contribution in [0.1, 0.15) is 151 Å². The molecule has 4 heterocycles. The first-order valence-corrected chi connectivity index (χ1v) is 34.1. The zero-order valence-corrected chi connectivity index (χ0v) is 60.5. The molecule has 111 heavy (non-hydrogen) atoms. The highest BCUT2D eigenvalue weighted by Crippen LogP contribution is 2.52. The van der Waals surface area contributed by atoms with Gasteiger partial charge in [0, 0.05) is 85.8 Å². The van der Waals surface area contributed by atoms with Crippen molar-refractivity contribution in [3.63, 3.8) is 0 Å². The van der Waals surface area contributed by atoms with Gasteiger partial charge in [-0.25, -0.2) is 0 Å². The number of aryl methyl sites for hydroxylation is 1. The van der Waals surface area contributed by atoms with E-state index in [1.165, 1.54) is 47.7 Å². The van der Waals surface area contributed by atoms with Crippen molar-refractivity contribution in [1.29, 1.82) is 0 Å². The van der Waals surface area contributed by atoms with Crippen molar-refractivity contribution in [2.75, 3.05) is 88.4 Å². The third-order valence-corrected chi connectivity index (χ3v) is 17.2. The highest BCUT2D eigenvalue weighted by atomic mass is 19.4. The van der Waals surface area contributed by atoms with E-state index in [0.29, 0.717) is 101 Å². The molecule has 0 atom stereocenters. The van der Waals surface area contributed by atoms with Crippen LogP contribution in [0.25, 0.3) is 0 Å². The molecule has 0 spiro atoms. The van der Waals surface area contributed by atoms with E-state index in [4.69, 9.17) is 61.6 Å². The minimum Gasteiger partial charge on any atom is -0.507 e. The van der Waals surface area contributed by atoms with Crippen LogP contribution >= 0.6 is 0 Å². The van der Waals surface area contributed by atoms with Crippen LogP contribution in [0.5, 0.6) is 97.7 Å². The van der Waals surface area contributed by atoms with Crippen LogP contribution in [0.15, 0.2) is 121 Å². The minimum absolute atomic E-state index is 0.0230. The molecule has 31 heteroatoms. The lowest BCUT2D eigenvalue weighted by molar-refractivity contribution is -0.138. The number of ketones is 8. The van der Waals surface area contributed by atoms with Gasteiger partial charge in [-0.3, -0.25) is 38.4 Å². The van der Waals surface area contributed by atoms with Gasteiger partial charge in [0.1, 0.15) is 81.2 Å². The van der Waals surface area contributed by atoms with Crippen molar-refractivity contribution in [3.8, 4) is 97.7 Å². The number of fused-ring (bicyclic) bond motifs is 4. The molecule has 0 aliphatic carbocycles. The van der Waals surface area contributed by atoms with Crippen LogP contribution in [0.4, 0.5) is 26.3 Å². The Kier molecular flexibility index (Phi) is 27.4. The lowest BCUT2D eigenvalue weighted by atomic mass is 9.97. The topological polar surface area (TPSA) is 337 Å².